The lowest BCUT2D eigenvalue weighted by molar-refractivity contribution is 0.109. The molecule has 1 unspecified atom stereocenters. The maximum Gasteiger partial charge on any atom is 0.0470 e. The molecule has 0 radical (unpaired) electrons. The zero-order chi connectivity index (χ0) is 14.5. The van der Waals surface area contributed by atoms with E-state index < -0.39 is 0 Å². The van der Waals surface area contributed by atoms with Crippen molar-refractivity contribution in [2.24, 2.45) is 5.73 Å². The highest BCUT2D eigenvalue weighted by atomic mass is 32.2. The highest BCUT2D eigenvalue weighted by molar-refractivity contribution is 7.98. The molecule has 0 bridgehead atoms. The summed E-state index contributed by atoms with van der Waals surface area (Å²) in [6, 6.07) is 9.85. The lowest BCUT2D eigenvalue weighted by atomic mass is 9.99. The minimum absolute atomic E-state index is 0.333. The monoisotopic (exact) mass is 293 g/mol. The van der Waals surface area contributed by atoms with Gasteiger partial charge in [-0.1, -0.05) is 12.1 Å². The van der Waals surface area contributed by atoms with Crippen molar-refractivity contribution in [1.29, 1.82) is 0 Å². The van der Waals surface area contributed by atoms with E-state index in [1.54, 1.807) is 11.8 Å². The largest absolute Gasteiger partial charge is 0.329 e. The molecule has 20 heavy (non-hydrogen) atoms. The molecule has 1 saturated heterocycles. The van der Waals surface area contributed by atoms with Crippen LogP contribution in [-0.2, 0) is 0 Å². The van der Waals surface area contributed by atoms with E-state index in [2.05, 4.69) is 54.4 Å². The van der Waals surface area contributed by atoms with Gasteiger partial charge in [-0.25, -0.2) is 0 Å². The number of hydrogen-bond acceptors (Lipinski definition) is 4. The third-order valence-corrected chi connectivity index (χ3v) is 5.22. The molecule has 0 spiro atoms. The summed E-state index contributed by atoms with van der Waals surface area (Å²) in [5, 5.41) is 0. The van der Waals surface area contributed by atoms with Crippen LogP contribution in [0.5, 0.6) is 0 Å². The molecule has 0 saturated carbocycles. The molecule has 1 aromatic rings. The zero-order valence-electron chi connectivity index (χ0n) is 12.9. The number of nitrogens with two attached hydrogens (primary N) is 1. The van der Waals surface area contributed by atoms with E-state index >= 15 is 0 Å². The minimum Gasteiger partial charge on any atom is -0.329 e. The first-order chi connectivity index (χ1) is 9.65. The van der Waals surface area contributed by atoms with Crippen molar-refractivity contribution in [1.82, 2.24) is 9.80 Å². The van der Waals surface area contributed by atoms with Crippen molar-refractivity contribution in [3.05, 3.63) is 29.8 Å². The van der Waals surface area contributed by atoms with E-state index in [1.165, 1.54) is 36.4 Å². The van der Waals surface area contributed by atoms with Gasteiger partial charge in [0, 0.05) is 23.5 Å². The molecule has 3 nitrogen and oxygen atoms in total. The number of likely N-dealkylation sites (tertiary alicyclic amines) is 1. The summed E-state index contributed by atoms with van der Waals surface area (Å²) in [5.74, 6) is 0. The van der Waals surface area contributed by atoms with E-state index in [1.807, 2.05) is 0 Å². The summed E-state index contributed by atoms with van der Waals surface area (Å²) < 4.78 is 0. The summed E-state index contributed by atoms with van der Waals surface area (Å²) in [5.41, 5.74) is 7.39. The van der Waals surface area contributed by atoms with Crippen molar-refractivity contribution in [3.8, 4) is 0 Å². The topological polar surface area (TPSA) is 32.5 Å². The fraction of sp³-hybridized carbons (Fsp3) is 0.625. The molecule has 0 aliphatic carbocycles. The van der Waals surface area contributed by atoms with Crippen molar-refractivity contribution >= 4 is 11.8 Å². The van der Waals surface area contributed by atoms with Gasteiger partial charge in [0.25, 0.3) is 0 Å². The number of piperidine rings is 1. The van der Waals surface area contributed by atoms with Gasteiger partial charge in [0.05, 0.1) is 0 Å². The van der Waals surface area contributed by atoms with Crippen LogP contribution >= 0.6 is 11.8 Å². The molecular formula is C16H27N3S. The Morgan fingerprint density at radius 2 is 1.90 bits per heavy atom. The lowest BCUT2D eigenvalue weighted by Gasteiger charge is -2.39. The normalized spacial score (nSPS) is 19.4. The first kappa shape index (κ1) is 15.8. The summed E-state index contributed by atoms with van der Waals surface area (Å²) in [6.45, 7) is 3.07. The number of benzene rings is 1. The molecule has 112 valence electrons. The van der Waals surface area contributed by atoms with E-state index in [0.29, 0.717) is 18.6 Å². The standard InChI is InChI=1S/C16H27N3S/c1-18-10-8-14(9-11-18)19(2)16(12-17)13-4-6-15(20-3)7-5-13/h4-7,14,16H,8-12,17H2,1-3H3. The van der Waals surface area contributed by atoms with Gasteiger partial charge < -0.3 is 10.6 Å². The molecule has 1 heterocycles. The van der Waals surface area contributed by atoms with E-state index in [9.17, 15) is 0 Å². The van der Waals surface area contributed by atoms with Crippen LogP contribution < -0.4 is 5.73 Å². The van der Waals surface area contributed by atoms with Gasteiger partial charge in [-0.15, -0.1) is 11.8 Å². The molecule has 1 atom stereocenters. The molecule has 1 aliphatic rings. The highest BCUT2D eigenvalue weighted by Crippen LogP contribution is 2.26. The highest BCUT2D eigenvalue weighted by Gasteiger charge is 2.26. The SMILES string of the molecule is CSc1ccc(C(CN)N(C)C2CCN(C)CC2)cc1. The summed E-state index contributed by atoms with van der Waals surface area (Å²) in [7, 11) is 4.44. The average molecular weight is 293 g/mol. The van der Waals surface area contributed by atoms with E-state index in [4.69, 9.17) is 5.73 Å². The van der Waals surface area contributed by atoms with Gasteiger partial charge >= 0.3 is 0 Å². The number of nitrogens with zero attached hydrogens (tertiary/aromatic N) is 2. The maximum atomic E-state index is 6.05. The van der Waals surface area contributed by atoms with Crippen LogP contribution in [0.1, 0.15) is 24.4 Å². The minimum atomic E-state index is 0.333. The zero-order valence-corrected chi connectivity index (χ0v) is 13.7. The first-order valence-corrected chi connectivity index (χ1v) is 8.62. The molecule has 0 aromatic heterocycles. The number of hydrogen-bond donors (Lipinski definition) is 1. The predicted molar refractivity (Wildman–Crippen MR) is 88.3 cm³/mol. The van der Waals surface area contributed by atoms with Crippen LogP contribution in [0, 0.1) is 0 Å². The van der Waals surface area contributed by atoms with Gasteiger partial charge in [0.15, 0.2) is 0 Å². The molecule has 2 N–H and O–H groups in total. The Labute approximate surface area is 127 Å². The predicted octanol–water partition coefficient (Wildman–Crippen LogP) is 2.43. The van der Waals surface area contributed by atoms with Gasteiger partial charge in [-0.2, -0.15) is 0 Å². The van der Waals surface area contributed by atoms with Crippen molar-refractivity contribution in [2.45, 2.75) is 29.8 Å². The second kappa shape index (κ2) is 7.46. The van der Waals surface area contributed by atoms with Crippen LogP contribution in [0.15, 0.2) is 29.2 Å². The fourth-order valence-electron chi connectivity index (χ4n) is 3.02. The molecular weight excluding hydrogens is 266 g/mol. The Balaban J connectivity index is 2.06. The second-order valence-electron chi connectivity index (χ2n) is 5.72. The van der Waals surface area contributed by atoms with Gasteiger partial charge in [0.2, 0.25) is 0 Å². The molecule has 1 aliphatic heterocycles. The quantitative estimate of drug-likeness (QED) is 0.845. The van der Waals surface area contributed by atoms with Crippen LogP contribution in [0.2, 0.25) is 0 Å². The van der Waals surface area contributed by atoms with Crippen molar-refractivity contribution in [2.75, 3.05) is 40.0 Å². The third-order valence-electron chi connectivity index (χ3n) is 4.48. The average Bonchev–Trinajstić information content (AvgIpc) is 2.49. The molecule has 1 aromatic carbocycles. The van der Waals surface area contributed by atoms with Gasteiger partial charge in [-0.05, 0) is 64.0 Å². The van der Waals surface area contributed by atoms with Crippen LogP contribution in [0.25, 0.3) is 0 Å². The van der Waals surface area contributed by atoms with Gasteiger partial charge in [-0.3, -0.25) is 4.90 Å². The summed E-state index contributed by atoms with van der Waals surface area (Å²) in [4.78, 5) is 6.21. The lowest BCUT2D eigenvalue weighted by Crippen LogP contribution is -2.45. The van der Waals surface area contributed by atoms with Crippen molar-refractivity contribution in [3.63, 3.8) is 0 Å². The Morgan fingerprint density at radius 3 is 2.40 bits per heavy atom. The number of likely N-dealkylation sites (N-methyl/N-ethyl adjacent to an activating group) is 1. The molecule has 4 heteroatoms. The third kappa shape index (κ3) is 3.76. The Kier molecular flexibility index (Phi) is 5.90. The second-order valence-corrected chi connectivity index (χ2v) is 6.60. The first-order valence-electron chi connectivity index (χ1n) is 7.40. The smallest absolute Gasteiger partial charge is 0.0470 e. The van der Waals surface area contributed by atoms with Crippen molar-refractivity contribution < 1.29 is 0 Å². The molecule has 1 fully saturated rings. The Morgan fingerprint density at radius 1 is 1.30 bits per heavy atom. The molecule has 2 rings (SSSR count). The summed E-state index contributed by atoms with van der Waals surface area (Å²) in [6.07, 6.45) is 4.60. The number of rotatable bonds is 5. The van der Waals surface area contributed by atoms with Crippen LogP contribution in [-0.4, -0.2) is 55.8 Å². The van der Waals surface area contributed by atoms with E-state index in [0.717, 1.165) is 0 Å². The number of thioether (sulfide) groups is 1. The van der Waals surface area contributed by atoms with E-state index in [-0.39, 0.29) is 0 Å². The van der Waals surface area contributed by atoms with Gasteiger partial charge in [0.1, 0.15) is 0 Å². The van der Waals surface area contributed by atoms with Crippen LogP contribution in [0.4, 0.5) is 0 Å². The Bertz CT molecular complexity index is 399. The maximum absolute atomic E-state index is 6.05. The van der Waals surface area contributed by atoms with Crippen LogP contribution in [0.3, 0.4) is 0 Å². The Hall–Kier alpha value is -0.550. The fourth-order valence-corrected chi connectivity index (χ4v) is 3.43. The summed E-state index contributed by atoms with van der Waals surface area (Å²) >= 11 is 1.78. The molecule has 0 amide bonds.